The number of hydrogen-bond acceptors (Lipinski definition) is 1. The van der Waals surface area contributed by atoms with Crippen LogP contribution in [-0.4, -0.2) is 0 Å². The van der Waals surface area contributed by atoms with Crippen molar-refractivity contribution in [3.8, 4) is 6.07 Å². The average Bonchev–Trinajstić information content (AvgIpc) is 1.68. The van der Waals surface area contributed by atoms with Gasteiger partial charge in [0.15, 0.2) is 0 Å². The van der Waals surface area contributed by atoms with Crippen molar-refractivity contribution in [2.45, 2.75) is 19.7 Å². The third kappa shape index (κ3) is 3.49. The first-order chi connectivity index (χ1) is 3.12. The zero-order valence-electron chi connectivity index (χ0n) is 5.15. The number of nitriles is 1. The molecule has 0 amide bonds. The molecule has 28 valence electrons. The van der Waals surface area contributed by atoms with Gasteiger partial charge >= 0.3 is 0 Å². The summed E-state index contributed by atoms with van der Waals surface area (Å²) < 4.78 is 13.5. The highest BCUT2D eigenvalue weighted by Gasteiger charge is 1.65. The van der Waals surface area contributed by atoms with Crippen LogP contribution < -0.4 is 0 Å². The van der Waals surface area contributed by atoms with E-state index in [2.05, 4.69) is 0 Å². The van der Waals surface area contributed by atoms with Crippen molar-refractivity contribution in [1.29, 1.82) is 5.26 Å². The van der Waals surface area contributed by atoms with Gasteiger partial charge < -0.3 is 0 Å². The monoisotopic (exact) mass is 71.1 g/mol. The SMILES string of the molecule is [2H]C([2H])(C#N)CC. The summed E-state index contributed by atoms with van der Waals surface area (Å²) in [4.78, 5) is 0. The van der Waals surface area contributed by atoms with Gasteiger partial charge in [-0.15, -0.1) is 0 Å². The predicted molar refractivity (Wildman–Crippen MR) is 20.5 cm³/mol. The summed E-state index contributed by atoms with van der Waals surface area (Å²) >= 11 is 0. The third-order valence-corrected chi connectivity index (χ3v) is 0.256. The summed E-state index contributed by atoms with van der Waals surface area (Å²) in [6.45, 7) is 1.64. The molecule has 0 heterocycles. The van der Waals surface area contributed by atoms with Crippen LogP contribution in [0.5, 0.6) is 0 Å². The van der Waals surface area contributed by atoms with Gasteiger partial charge in [-0.3, -0.25) is 0 Å². The molecule has 1 nitrogen and oxygen atoms in total. The minimum Gasteiger partial charge on any atom is -0.198 e. The Bertz CT molecular complexity index is 92.4. The normalized spacial score (nSPS) is 15.2. The van der Waals surface area contributed by atoms with Gasteiger partial charge in [0, 0.05) is 9.11 Å². The molecular weight excluding hydrogens is 62.1 g/mol. The van der Waals surface area contributed by atoms with Crippen molar-refractivity contribution in [2.75, 3.05) is 0 Å². The highest BCUT2D eigenvalue weighted by molar-refractivity contribution is 4.65. The Kier molecular flexibility index (Phi) is 1.27. The highest BCUT2D eigenvalue weighted by Crippen LogP contribution is 1.77. The molecule has 0 aliphatic rings. The molecule has 0 aromatic carbocycles. The van der Waals surface area contributed by atoms with Crippen molar-refractivity contribution >= 4 is 0 Å². The van der Waals surface area contributed by atoms with E-state index in [0.717, 1.165) is 0 Å². The fourth-order valence-electron chi connectivity index (χ4n) is 0.0791. The number of rotatable bonds is 1. The summed E-state index contributed by atoms with van der Waals surface area (Å²) in [7, 11) is 0. The Morgan fingerprint density at radius 1 is 2.20 bits per heavy atom. The van der Waals surface area contributed by atoms with Crippen LogP contribution in [0.25, 0.3) is 0 Å². The summed E-state index contributed by atoms with van der Waals surface area (Å²) in [6, 6.07) is 1.52. The van der Waals surface area contributed by atoms with Crippen LogP contribution in [0, 0.1) is 11.3 Å². The lowest BCUT2D eigenvalue weighted by molar-refractivity contribution is 0.969. The lowest BCUT2D eigenvalue weighted by Crippen LogP contribution is -1.53. The topological polar surface area (TPSA) is 23.8 Å². The van der Waals surface area contributed by atoms with Gasteiger partial charge in [-0.05, 0) is 6.42 Å². The second-order valence-electron chi connectivity index (χ2n) is 0.642. The van der Waals surface area contributed by atoms with Gasteiger partial charge in [0.25, 0.3) is 0 Å². The first-order valence-electron chi connectivity index (χ1n) is 2.53. The van der Waals surface area contributed by atoms with Gasteiger partial charge in [0.2, 0.25) is 0 Å². The lowest BCUT2D eigenvalue weighted by Gasteiger charge is -1.65. The van der Waals surface area contributed by atoms with Crippen molar-refractivity contribution in [2.24, 2.45) is 0 Å². The second kappa shape index (κ2) is 3.49. The Labute approximate surface area is 35.0 Å². The maximum absolute atomic E-state index is 7.97. The summed E-state index contributed by atoms with van der Waals surface area (Å²) in [5.41, 5.74) is 0. The van der Waals surface area contributed by atoms with Crippen LogP contribution in [0.2, 0.25) is 0 Å². The van der Waals surface area contributed by atoms with E-state index >= 15 is 0 Å². The number of nitrogens with zero attached hydrogens (tertiary/aromatic N) is 1. The van der Waals surface area contributed by atoms with Crippen molar-refractivity contribution in [1.82, 2.24) is 0 Å². The van der Waals surface area contributed by atoms with Crippen molar-refractivity contribution in [3.63, 3.8) is 0 Å². The fraction of sp³-hybridized carbons (Fsp3) is 0.750. The molecule has 0 unspecified atom stereocenters. The Morgan fingerprint density at radius 3 is 2.80 bits per heavy atom. The van der Waals surface area contributed by atoms with Crippen LogP contribution in [0.1, 0.15) is 22.5 Å². The van der Waals surface area contributed by atoms with Gasteiger partial charge in [-0.25, -0.2) is 0 Å². The first-order valence-corrected chi connectivity index (χ1v) is 1.53. The molecule has 0 aliphatic carbocycles. The minimum atomic E-state index is -1.61. The highest BCUT2D eigenvalue weighted by atomic mass is 14.2. The molecule has 0 bridgehead atoms. The maximum Gasteiger partial charge on any atom is 0.0621 e. The molecule has 0 atom stereocenters. The van der Waals surface area contributed by atoms with Crippen LogP contribution in [0.4, 0.5) is 0 Å². The van der Waals surface area contributed by atoms with Crippen LogP contribution in [0.15, 0.2) is 0 Å². The largest absolute Gasteiger partial charge is 0.198 e. The molecule has 0 aromatic rings. The molecule has 0 N–H and O–H groups in total. The Morgan fingerprint density at radius 2 is 2.80 bits per heavy atom. The molecule has 0 aliphatic heterocycles. The molecule has 0 spiro atoms. The van der Waals surface area contributed by atoms with Crippen molar-refractivity contribution < 1.29 is 2.74 Å². The maximum atomic E-state index is 7.97. The van der Waals surface area contributed by atoms with E-state index in [9.17, 15) is 0 Å². The molecular formula is C4H7N. The van der Waals surface area contributed by atoms with E-state index in [0.29, 0.717) is 0 Å². The smallest absolute Gasteiger partial charge is 0.0621 e. The molecule has 0 fully saturated rings. The molecule has 0 saturated heterocycles. The van der Waals surface area contributed by atoms with E-state index in [-0.39, 0.29) is 6.42 Å². The lowest BCUT2D eigenvalue weighted by atomic mass is 10.4. The molecule has 5 heavy (non-hydrogen) atoms. The standard InChI is InChI=1S/C4H7N/c1-2-3-4-5/h2-3H2,1H3/i3D2. The second-order valence-corrected chi connectivity index (χ2v) is 0.642. The Hall–Kier alpha value is -0.510. The number of hydrogen-bond donors (Lipinski definition) is 0. The van der Waals surface area contributed by atoms with Crippen LogP contribution >= 0.6 is 0 Å². The quantitative estimate of drug-likeness (QED) is 0.457. The van der Waals surface area contributed by atoms with E-state index < -0.39 is 6.37 Å². The van der Waals surface area contributed by atoms with Gasteiger partial charge in [0.05, 0.1) is 6.07 Å². The third-order valence-electron chi connectivity index (χ3n) is 0.256. The predicted octanol–water partition coefficient (Wildman–Crippen LogP) is 1.31. The Balaban J connectivity index is 3.66. The van der Waals surface area contributed by atoms with Crippen molar-refractivity contribution in [3.05, 3.63) is 0 Å². The minimum absolute atomic E-state index is 0.267. The zero-order chi connectivity index (χ0) is 5.91. The van der Waals surface area contributed by atoms with E-state index in [1.54, 1.807) is 6.92 Å². The van der Waals surface area contributed by atoms with E-state index in [4.69, 9.17) is 8.00 Å². The van der Waals surface area contributed by atoms with Gasteiger partial charge in [0.1, 0.15) is 0 Å². The summed E-state index contributed by atoms with van der Waals surface area (Å²) in [6.07, 6.45) is -1.34. The van der Waals surface area contributed by atoms with Crippen LogP contribution in [0.3, 0.4) is 0 Å². The molecule has 0 aromatic heterocycles. The molecule has 0 rings (SSSR count). The first kappa shape index (κ1) is 1.81. The average molecular weight is 71.1 g/mol. The van der Waals surface area contributed by atoms with E-state index in [1.807, 2.05) is 0 Å². The summed E-state index contributed by atoms with van der Waals surface area (Å²) in [5.74, 6) is 0. The molecule has 1 heteroatoms. The fourth-order valence-corrected chi connectivity index (χ4v) is 0.0791. The molecule has 0 saturated carbocycles. The molecule has 0 radical (unpaired) electrons. The van der Waals surface area contributed by atoms with Gasteiger partial charge in [-0.1, -0.05) is 6.92 Å². The van der Waals surface area contributed by atoms with E-state index in [1.165, 1.54) is 6.07 Å². The van der Waals surface area contributed by atoms with Crippen LogP contribution in [-0.2, 0) is 0 Å². The zero-order valence-corrected chi connectivity index (χ0v) is 3.15. The summed E-state index contributed by atoms with van der Waals surface area (Å²) in [5, 5.41) is 7.97. The van der Waals surface area contributed by atoms with Gasteiger partial charge in [-0.2, -0.15) is 5.26 Å².